The number of rotatable bonds is 9. The van der Waals surface area contributed by atoms with Gasteiger partial charge in [0.15, 0.2) is 5.78 Å². The molecule has 10 heteroatoms. The van der Waals surface area contributed by atoms with E-state index in [-0.39, 0.29) is 23.2 Å². The maximum Gasteiger partial charge on any atom is 0.475 e. The average Bonchev–Trinajstić information content (AvgIpc) is 3.23. The Balaban J connectivity index is 1.59. The van der Waals surface area contributed by atoms with Gasteiger partial charge in [0.1, 0.15) is 18.0 Å². The van der Waals surface area contributed by atoms with Gasteiger partial charge in [-0.2, -0.15) is 5.26 Å². The van der Waals surface area contributed by atoms with Gasteiger partial charge < -0.3 is 20.1 Å². The van der Waals surface area contributed by atoms with Crippen LogP contribution in [0.15, 0.2) is 35.9 Å². The predicted octanol–water partition coefficient (Wildman–Crippen LogP) is 3.56. The Kier molecular flexibility index (Phi) is 9.74. The monoisotopic (exact) mass is 527 g/mol. The molecule has 38 heavy (non-hydrogen) atoms. The summed E-state index contributed by atoms with van der Waals surface area (Å²) < 4.78 is 18.7. The number of allylic oxidation sites excluding steroid dienone is 1. The van der Waals surface area contributed by atoms with Gasteiger partial charge in [-0.25, -0.2) is 9.18 Å². The highest BCUT2D eigenvalue weighted by Gasteiger charge is 2.38. The minimum absolute atomic E-state index is 0.0686. The number of hydrogen-bond acceptors (Lipinski definition) is 7. The van der Waals surface area contributed by atoms with E-state index in [0.717, 1.165) is 19.5 Å². The van der Waals surface area contributed by atoms with Crippen LogP contribution in [-0.4, -0.2) is 64.6 Å². The van der Waals surface area contributed by atoms with Gasteiger partial charge in [0.05, 0.1) is 11.5 Å². The first kappa shape index (κ1) is 29.8. The van der Waals surface area contributed by atoms with E-state index in [9.17, 15) is 29.3 Å². The Bertz CT molecular complexity index is 1070. The first-order chi connectivity index (χ1) is 17.8. The van der Waals surface area contributed by atoms with Gasteiger partial charge in [0.2, 0.25) is 0 Å². The summed E-state index contributed by atoms with van der Waals surface area (Å²) in [4.78, 5) is 28.2. The molecule has 1 aromatic rings. The highest BCUT2D eigenvalue weighted by atomic mass is 19.1. The smallest absolute Gasteiger partial charge is 0.446 e. The van der Waals surface area contributed by atoms with E-state index in [1.807, 2.05) is 13.8 Å². The summed E-state index contributed by atoms with van der Waals surface area (Å²) in [7, 11) is -1.85. The van der Waals surface area contributed by atoms with Gasteiger partial charge in [-0.15, -0.1) is 0 Å². The number of halogens is 1. The van der Waals surface area contributed by atoms with Gasteiger partial charge in [0.25, 0.3) is 0 Å². The second-order valence-electron chi connectivity index (χ2n) is 11.9. The van der Waals surface area contributed by atoms with Gasteiger partial charge in [-0.1, -0.05) is 26.0 Å². The van der Waals surface area contributed by atoms with Crippen molar-refractivity contribution in [2.45, 2.75) is 83.8 Å². The number of amides is 1. The van der Waals surface area contributed by atoms with Crippen LogP contribution in [0.25, 0.3) is 0 Å². The SMILES string of the molecule is CC1(C)CCN(C(C)(C)C=C(C#N)C(=O)C2CCC[C@H](OC(=O)N[C@@H](Cc3ccc(F)cc3)B(O)O)C2)C1. The molecule has 0 spiro atoms. The number of alkyl carbamates (subject to hydrolysis) is 1. The lowest BCUT2D eigenvalue weighted by Gasteiger charge is -2.34. The minimum Gasteiger partial charge on any atom is -0.446 e. The fourth-order valence-corrected chi connectivity index (χ4v) is 5.36. The second-order valence-corrected chi connectivity index (χ2v) is 11.9. The van der Waals surface area contributed by atoms with Crippen molar-refractivity contribution in [3.05, 3.63) is 47.3 Å². The molecule has 1 amide bonds. The molecular formula is C28H39BFN3O5. The molecule has 1 aromatic carbocycles. The van der Waals surface area contributed by atoms with Crippen molar-refractivity contribution < 1.29 is 28.8 Å². The fraction of sp³-hybridized carbons (Fsp3) is 0.607. The summed E-state index contributed by atoms with van der Waals surface area (Å²) in [5, 5.41) is 31.7. The molecule has 3 rings (SSSR count). The van der Waals surface area contributed by atoms with Crippen molar-refractivity contribution in [1.82, 2.24) is 10.2 Å². The van der Waals surface area contributed by atoms with Crippen LogP contribution < -0.4 is 5.32 Å². The van der Waals surface area contributed by atoms with Crippen molar-refractivity contribution in [3.63, 3.8) is 0 Å². The van der Waals surface area contributed by atoms with Crippen molar-refractivity contribution in [1.29, 1.82) is 5.26 Å². The summed E-state index contributed by atoms with van der Waals surface area (Å²) in [5.74, 6) is -2.13. The van der Waals surface area contributed by atoms with E-state index in [1.54, 1.807) is 6.08 Å². The van der Waals surface area contributed by atoms with E-state index in [0.29, 0.717) is 31.2 Å². The van der Waals surface area contributed by atoms with Crippen LogP contribution in [0.5, 0.6) is 0 Å². The maximum atomic E-state index is 13.3. The Morgan fingerprint density at radius 2 is 2.00 bits per heavy atom. The molecule has 1 aliphatic carbocycles. The van der Waals surface area contributed by atoms with Gasteiger partial charge in [0, 0.05) is 18.0 Å². The van der Waals surface area contributed by atoms with Gasteiger partial charge in [-0.05, 0) is 88.1 Å². The van der Waals surface area contributed by atoms with E-state index in [1.165, 1.54) is 24.3 Å². The van der Waals surface area contributed by atoms with Crippen LogP contribution in [0.1, 0.15) is 65.4 Å². The zero-order valence-electron chi connectivity index (χ0n) is 22.7. The summed E-state index contributed by atoms with van der Waals surface area (Å²) in [6.07, 6.45) is 3.69. The normalized spacial score (nSPS) is 22.8. The Morgan fingerprint density at radius 1 is 1.32 bits per heavy atom. The molecule has 8 nitrogen and oxygen atoms in total. The number of ether oxygens (including phenoxy) is 1. The number of carbonyl (C=O) groups excluding carboxylic acids is 2. The molecule has 0 bridgehead atoms. The second kappa shape index (κ2) is 12.4. The van der Waals surface area contributed by atoms with E-state index < -0.39 is 42.5 Å². The molecule has 3 N–H and O–H groups in total. The lowest BCUT2D eigenvalue weighted by Crippen LogP contribution is -2.49. The maximum absolute atomic E-state index is 13.3. The molecule has 3 atom stereocenters. The highest BCUT2D eigenvalue weighted by molar-refractivity contribution is 6.43. The quantitative estimate of drug-likeness (QED) is 0.255. The van der Waals surface area contributed by atoms with E-state index >= 15 is 0 Å². The van der Waals surface area contributed by atoms with Crippen molar-refractivity contribution >= 4 is 19.0 Å². The van der Waals surface area contributed by atoms with Crippen LogP contribution >= 0.6 is 0 Å². The number of nitrogens with one attached hydrogen (secondary N) is 1. The molecule has 1 heterocycles. The lowest BCUT2D eigenvalue weighted by atomic mass is 9.76. The third-order valence-electron chi connectivity index (χ3n) is 7.68. The zero-order valence-corrected chi connectivity index (χ0v) is 22.7. The third-order valence-corrected chi connectivity index (χ3v) is 7.68. The molecule has 2 aliphatic rings. The standard InChI is InChI=1S/C28H39BFN3O5/c1-27(2)12-13-33(18-27)28(3,4)16-21(17-31)25(34)20-6-5-7-23(15-20)38-26(35)32-24(29(36)37)14-19-8-10-22(30)11-9-19/h8-11,16,20,23-24,36-37H,5-7,12-15,18H2,1-4H3,(H,32,35)/t20?,23-,24-/m0/s1. The van der Waals surface area contributed by atoms with Crippen LogP contribution in [0, 0.1) is 28.5 Å². The predicted molar refractivity (Wildman–Crippen MR) is 142 cm³/mol. The summed E-state index contributed by atoms with van der Waals surface area (Å²) >= 11 is 0. The van der Waals surface area contributed by atoms with Crippen molar-refractivity contribution in [3.8, 4) is 6.07 Å². The Morgan fingerprint density at radius 3 is 2.58 bits per heavy atom. The molecule has 2 fully saturated rings. The molecule has 1 unspecified atom stereocenters. The molecule has 1 aliphatic heterocycles. The van der Waals surface area contributed by atoms with Crippen LogP contribution in [0.4, 0.5) is 9.18 Å². The summed E-state index contributed by atoms with van der Waals surface area (Å²) in [6, 6.07) is 7.62. The van der Waals surface area contributed by atoms with Gasteiger partial charge in [-0.3, -0.25) is 9.69 Å². The first-order valence-corrected chi connectivity index (χ1v) is 13.3. The molecule has 0 radical (unpaired) electrons. The number of carbonyl (C=O) groups is 2. The average molecular weight is 527 g/mol. The molecular weight excluding hydrogens is 488 g/mol. The van der Waals surface area contributed by atoms with Gasteiger partial charge >= 0.3 is 13.2 Å². The summed E-state index contributed by atoms with van der Waals surface area (Å²) in [5.41, 5.74) is 0.506. The van der Waals surface area contributed by atoms with E-state index in [2.05, 4.69) is 30.1 Å². The number of nitriles is 1. The number of nitrogens with zero attached hydrogens (tertiary/aromatic N) is 2. The van der Waals surface area contributed by atoms with Crippen molar-refractivity contribution in [2.75, 3.05) is 13.1 Å². The first-order valence-electron chi connectivity index (χ1n) is 13.3. The highest BCUT2D eigenvalue weighted by Crippen LogP contribution is 2.35. The number of benzene rings is 1. The van der Waals surface area contributed by atoms with Crippen molar-refractivity contribution in [2.24, 2.45) is 11.3 Å². The fourth-order valence-electron chi connectivity index (χ4n) is 5.36. The van der Waals surface area contributed by atoms with E-state index in [4.69, 9.17) is 4.74 Å². The number of ketones is 1. The topological polar surface area (TPSA) is 123 Å². The Hall–Kier alpha value is -2.74. The number of hydrogen-bond donors (Lipinski definition) is 3. The largest absolute Gasteiger partial charge is 0.475 e. The summed E-state index contributed by atoms with van der Waals surface area (Å²) in [6.45, 7) is 10.3. The molecule has 206 valence electrons. The van der Waals surface area contributed by atoms with Crippen LogP contribution in [0.3, 0.4) is 0 Å². The number of likely N-dealkylation sites (tertiary alicyclic amines) is 1. The Labute approximate surface area is 225 Å². The molecule has 0 aromatic heterocycles. The van der Waals surface area contributed by atoms with Crippen LogP contribution in [-0.2, 0) is 16.0 Å². The molecule has 1 saturated heterocycles. The molecule has 1 saturated carbocycles. The lowest BCUT2D eigenvalue weighted by molar-refractivity contribution is -0.121. The van der Waals surface area contributed by atoms with Crippen LogP contribution in [0.2, 0.25) is 0 Å². The zero-order chi connectivity index (χ0) is 28.1. The third kappa shape index (κ3) is 8.13. The minimum atomic E-state index is -1.85. The number of Topliss-reactive ketones (excluding diaryl/α,β-unsaturated/α-hetero) is 1.